The Hall–Kier alpha value is -2.61. The molecule has 4 aromatic rings. The first-order valence-electron chi connectivity index (χ1n) is 10.7. The van der Waals surface area contributed by atoms with Gasteiger partial charge in [-0.15, -0.1) is 11.3 Å². The zero-order valence-corrected chi connectivity index (χ0v) is 19.8. The van der Waals surface area contributed by atoms with Crippen molar-refractivity contribution < 1.29 is 4.74 Å². The molecule has 5 nitrogen and oxygen atoms in total. The van der Waals surface area contributed by atoms with Crippen LogP contribution in [0.25, 0.3) is 15.9 Å². The first-order chi connectivity index (χ1) is 15.5. The van der Waals surface area contributed by atoms with E-state index in [0.29, 0.717) is 6.61 Å². The molecule has 5 rings (SSSR count). The third kappa shape index (κ3) is 4.20. The van der Waals surface area contributed by atoms with Crippen molar-refractivity contribution >= 4 is 39.0 Å². The minimum absolute atomic E-state index is 0.00918. The molecule has 32 heavy (non-hydrogen) atoms. The van der Waals surface area contributed by atoms with Crippen LogP contribution >= 0.6 is 23.1 Å². The number of thioether (sulfide) groups is 1. The number of thiophene rings is 1. The summed E-state index contributed by atoms with van der Waals surface area (Å²) in [7, 11) is 0. The fraction of sp³-hybridized carbons (Fsp3) is 0.280. The highest BCUT2D eigenvalue weighted by atomic mass is 32.2. The molecule has 0 amide bonds. The van der Waals surface area contributed by atoms with Crippen molar-refractivity contribution in [3.8, 4) is 5.69 Å². The van der Waals surface area contributed by atoms with Gasteiger partial charge in [0, 0.05) is 29.3 Å². The molecule has 3 heterocycles. The molecule has 2 aromatic heterocycles. The van der Waals surface area contributed by atoms with E-state index in [-0.39, 0.29) is 11.2 Å². The lowest BCUT2D eigenvalue weighted by atomic mass is 9.94. The maximum Gasteiger partial charge on any atom is 0.267 e. The van der Waals surface area contributed by atoms with Crippen LogP contribution < -0.4 is 10.9 Å². The number of nitrogens with zero attached hydrogens (tertiary/aromatic N) is 2. The molecule has 1 aliphatic rings. The largest absolute Gasteiger partial charge is 0.384 e. The lowest BCUT2D eigenvalue weighted by Crippen LogP contribution is -2.32. The molecule has 0 saturated heterocycles. The highest BCUT2D eigenvalue weighted by Gasteiger charge is 2.31. The third-order valence-electron chi connectivity index (χ3n) is 5.52. The second kappa shape index (κ2) is 8.73. The Morgan fingerprint density at radius 3 is 2.59 bits per heavy atom. The van der Waals surface area contributed by atoms with Crippen molar-refractivity contribution in [2.45, 2.75) is 37.6 Å². The van der Waals surface area contributed by atoms with Crippen molar-refractivity contribution in [3.63, 3.8) is 0 Å². The van der Waals surface area contributed by atoms with Gasteiger partial charge in [-0.1, -0.05) is 48.2 Å². The van der Waals surface area contributed by atoms with E-state index in [9.17, 15) is 4.79 Å². The Bertz CT molecular complexity index is 1300. The van der Waals surface area contributed by atoms with E-state index in [1.54, 1.807) is 27.7 Å². The molecule has 0 saturated carbocycles. The Morgan fingerprint density at radius 2 is 1.84 bits per heavy atom. The molecule has 7 heteroatoms. The van der Waals surface area contributed by atoms with E-state index in [4.69, 9.17) is 9.72 Å². The second-order valence-electron chi connectivity index (χ2n) is 8.42. The predicted molar refractivity (Wildman–Crippen MR) is 133 cm³/mol. The van der Waals surface area contributed by atoms with Crippen LogP contribution in [0, 0.1) is 0 Å². The summed E-state index contributed by atoms with van der Waals surface area (Å²) in [6, 6.07) is 19.9. The van der Waals surface area contributed by atoms with E-state index in [1.807, 2.05) is 48.5 Å². The summed E-state index contributed by atoms with van der Waals surface area (Å²) in [5, 5.41) is 4.90. The molecule has 1 N–H and O–H groups in total. The Balaban J connectivity index is 1.52. The summed E-state index contributed by atoms with van der Waals surface area (Å²) < 4.78 is 7.76. The van der Waals surface area contributed by atoms with Gasteiger partial charge in [-0.05, 0) is 43.7 Å². The van der Waals surface area contributed by atoms with Gasteiger partial charge in [-0.3, -0.25) is 9.36 Å². The fourth-order valence-electron chi connectivity index (χ4n) is 3.97. The van der Waals surface area contributed by atoms with Gasteiger partial charge in [-0.2, -0.15) is 0 Å². The van der Waals surface area contributed by atoms with Gasteiger partial charge in [0.25, 0.3) is 5.56 Å². The Labute approximate surface area is 195 Å². The van der Waals surface area contributed by atoms with Crippen molar-refractivity contribution in [3.05, 3.63) is 81.5 Å². The van der Waals surface area contributed by atoms with Crippen LogP contribution in [0.1, 0.15) is 24.3 Å². The van der Waals surface area contributed by atoms with Crippen molar-refractivity contribution in [2.75, 3.05) is 17.6 Å². The van der Waals surface area contributed by atoms with Gasteiger partial charge < -0.3 is 10.1 Å². The van der Waals surface area contributed by atoms with Gasteiger partial charge in [0.2, 0.25) is 0 Å². The van der Waals surface area contributed by atoms with Crippen LogP contribution in [0.5, 0.6) is 0 Å². The Kier molecular flexibility index (Phi) is 5.80. The lowest BCUT2D eigenvalue weighted by Gasteiger charge is -2.29. The summed E-state index contributed by atoms with van der Waals surface area (Å²) in [6.07, 6.45) is 0.724. The number of anilines is 1. The summed E-state index contributed by atoms with van der Waals surface area (Å²) in [4.78, 5) is 20.7. The molecule has 2 aromatic carbocycles. The minimum atomic E-state index is -0.276. The van der Waals surface area contributed by atoms with Crippen LogP contribution in [0.4, 0.5) is 5.69 Å². The minimum Gasteiger partial charge on any atom is -0.384 e. The molecule has 164 valence electrons. The monoisotopic (exact) mass is 463 g/mol. The average Bonchev–Trinajstić information content (AvgIpc) is 3.15. The molecule has 0 fully saturated rings. The average molecular weight is 464 g/mol. The number of nitrogens with one attached hydrogen (secondary N) is 1. The van der Waals surface area contributed by atoms with E-state index < -0.39 is 0 Å². The first kappa shape index (κ1) is 21.2. The summed E-state index contributed by atoms with van der Waals surface area (Å²) in [5.74, 6) is 0.793. The lowest BCUT2D eigenvalue weighted by molar-refractivity contribution is -0.0379. The van der Waals surface area contributed by atoms with Crippen molar-refractivity contribution in [2.24, 2.45) is 0 Å². The van der Waals surface area contributed by atoms with Crippen molar-refractivity contribution in [1.29, 1.82) is 0 Å². The number of ether oxygens (including phenoxy) is 1. The van der Waals surface area contributed by atoms with E-state index in [2.05, 4.69) is 31.3 Å². The number of hydrogen-bond donors (Lipinski definition) is 1. The molecule has 0 spiro atoms. The van der Waals surface area contributed by atoms with Gasteiger partial charge in [0.1, 0.15) is 4.83 Å². The van der Waals surface area contributed by atoms with Gasteiger partial charge in [0.15, 0.2) is 5.16 Å². The summed E-state index contributed by atoms with van der Waals surface area (Å²) >= 11 is 3.19. The molecule has 0 unspecified atom stereocenters. The molecule has 1 aliphatic heterocycles. The zero-order valence-electron chi connectivity index (χ0n) is 18.1. The zero-order chi connectivity index (χ0) is 22.1. The Morgan fingerprint density at radius 1 is 1.12 bits per heavy atom. The molecule has 0 atom stereocenters. The highest BCUT2D eigenvalue weighted by molar-refractivity contribution is 7.99. The smallest absolute Gasteiger partial charge is 0.267 e. The van der Waals surface area contributed by atoms with Crippen LogP contribution in [0.3, 0.4) is 0 Å². The van der Waals surface area contributed by atoms with Crippen LogP contribution in [-0.2, 0) is 17.8 Å². The second-order valence-corrected chi connectivity index (χ2v) is 10.6. The van der Waals surface area contributed by atoms with E-state index in [0.717, 1.165) is 55.9 Å². The number of benzene rings is 2. The number of para-hydroxylation sites is 2. The predicted octanol–water partition coefficient (Wildman–Crippen LogP) is 5.50. The SMILES string of the molecule is CC1(C)Cc2c(sc3nc(SCCNc4ccccc4)n(-c4ccccc4)c(=O)c23)CO1. The van der Waals surface area contributed by atoms with E-state index in [1.165, 1.54) is 0 Å². The van der Waals surface area contributed by atoms with Crippen LogP contribution in [-0.4, -0.2) is 27.4 Å². The third-order valence-corrected chi connectivity index (χ3v) is 7.56. The van der Waals surface area contributed by atoms with Gasteiger partial charge >= 0.3 is 0 Å². The summed E-state index contributed by atoms with van der Waals surface area (Å²) in [6.45, 7) is 5.47. The molecule has 0 bridgehead atoms. The molecular formula is C25H25N3O2S2. The van der Waals surface area contributed by atoms with Gasteiger partial charge in [-0.25, -0.2) is 4.98 Å². The van der Waals surface area contributed by atoms with Crippen LogP contribution in [0.15, 0.2) is 70.6 Å². The first-order valence-corrected chi connectivity index (χ1v) is 12.5. The molecular weight excluding hydrogens is 438 g/mol. The standard InChI is InChI=1S/C25H25N3O2S2/c1-25(2)15-19-20(16-30-25)32-22-21(19)23(29)28(18-11-7-4-8-12-18)24(27-22)31-14-13-26-17-9-5-3-6-10-17/h3-12,26H,13-16H2,1-2H3. The number of fused-ring (bicyclic) bond motifs is 3. The van der Waals surface area contributed by atoms with E-state index >= 15 is 0 Å². The van der Waals surface area contributed by atoms with Crippen molar-refractivity contribution in [1.82, 2.24) is 9.55 Å². The fourth-order valence-corrected chi connectivity index (χ4v) is 5.98. The maximum absolute atomic E-state index is 13.8. The maximum atomic E-state index is 13.8. The highest BCUT2D eigenvalue weighted by Crippen LogP contribution is 2.37. The number of hydrogen-bond acceptors (Lipinski definition) is 6. The summed E-state index contributed by atoms with van der Waals surface area (Å²) in [5.41, 5.74) is 2.77. The number of rotatable bonds is 6. The quantitative estimate of drug-likeness (QED) is 0.232. The van der Waals surface area contributed by atoms with Gasteiger partial charge in [0.05, 0.1) is 23.3 Å². The molecule has 0 aliphatic carbocycles. The molecule has 0 radical (unpaired) electrons. The topological polar surface area (TPSA) is 56.2 Å². The normalized spacial score (nSPS) is 14.9. The number of aromatic nitrogens is 2. The van der Waals surface area contributed by atoms with Crippen LogP contribution in [0.2, 0.25) is 0 Å².